The minimum atomic E-state index is -1.59. The van der Waals surface area contributed by atoms with E-state index in [0.717, 1.165) is 109 Å². The molecule has 0 spiro atoms. The fourth-order valence-electron chi connectivity index (χ4n) is 7.03. The lowest BCUT2D eigenvalue weighted by molar-refractivity contribution is -0.302. The second-order valence-electron chi connectivity index (χ2n) is 17.6. The van der Waals surface area contributed by atoms with Gasteiger partial charge in [-0.05, 0) is 122 Å². The molecule has 71 heavy (non-hydrogen) atoms. The zero-order valence-electron chi connectivity index (χ0n) is 43.6. The zero-order valence-corrected chi connectivity index (χ0v) is 43.6. The summed E-state index contributed by atoms with van der Waals surface area (Å²) in [5.41, 5.74) is 0. The first-order chi connectivity index (χ1) is 34.8. The van der Waals surface area contributed by atoms with Crippen LogP contribution in [0.25, 0.3) is 0 Å². The molecule has 1 saturated heterocycles. The Morgan fingerprint density at radius 3 is 1.30 bits per heavy atom. The van der Waals surface area contributed by atoms with Crippen LogP contribution in [0.5, 0.6) is 0 Å². The standard InChI is InChI=1S/C62H95NO8/c1-3-5-7-9-11-13-14-15-16-17-18-19-20-21-22-23-24-25-26-27-28-29-30-31-32-33-34-35-36-37-38-39-40-41-42-44-46-48-50-52-58(66)63-55(56(65)51-49-47-45-43-12-10-8-6-4-2)54-70-62-61(69)60(68)59(67)57(53-64)71-62/h5,7,11-13,15-16,18-19,21-22,24-25,27-28,30-31,33-34,36-37,39-40,42-44,49,51,55-57,59-62,64-65,67-69H,3-4,6,8-10,14,17,20,23,26,29,32,35,38,41,45-48,50,52-54H2,1-2H3,(H,63,66)/b7-5-,13-11-,16-15-,19-18-,22-21-,25-24-,28-27-,31-30-,34-33-,37-36-,40-39-,43-12+,44-42-,51-49+. The Balaban J connectivity index is 2.21. The fraction of sp³-hybridized carbons (Fsp3) is 0.532. The number of hydrogen-bond donors (Lipinski definition) is 6. The van der Waals surface area contributed by atoms with Crippen LogP contribution in [0, 0.1) is 0 Å². The van der Waals surface area contributed by atoms with Crippen molar-refractivity contribution < 1.29 is 39.8 Å². The third kappa shape index (κ3) is 38.8. The maximum atomic E-state index is 12.9. The summed E-state index contributed by atoms with van der Waals surface area (Å²) in [6.07, 6.45) is 73.0. The number of ether oxygens (including phenoxy) is 2. The highest BCUT2D eigenvalue weighted by Crippen LogP contribution is 2.22. The number of rotatable bonds is 42. The van der Waals surface area contributed by atoms with Gasteiger partial charge in [0, 0.05) is 6.42 Å². The average Bonchev–Trinajstić information content (AvgIpc) is 3.37. The zero-order chi connectivity index (χ0) is 51.5. The van der Waals surface area contributed by atoms with Crippen LogP contribution in [-0.2, 0) is 14.3 Å². The van der Waals surface area contributed by atoms with Gasteiger partial charge < -0.3 is 40.3 Å². The molecule has 1 amide bonds. The molecule has 0 aromatic rings. The summed E-state index contributed by atoms with van der Waals surface area (Å²) >= 11 is 0. The lowest BCUT2D eigenvalue weighted by atomic mass is 9.99. The first-order valence-electron chi connectivity index (χ1n) is 26.9. The minimum absolute atomic E-state index is 0.231. The van der Waals surface area contributed by atoms with Crippen molar-refractivity contribution in [2.75, 3.05) is 13.2 Å². The summed E-state index contributed by atoms with van der Waals surface area (Å²) in [5, 5.41) is 54.0. The van der Waals surface area contributed by atoms with E-state index in [9.17, 15) is 30.3 Å². The van der Waals surface area contributed by atoms with Gasteiger partial charge in [-0.3, -0.25) is 4.79 Å². The second-order valence-corrected chi connectivity index (χ2v) is 17.6. The van der Waals surface area contributed by atoms with Crippen LogP contribution in [0.3, 0.4) is 0 Å². The molecule has 0 aromatic carbocycles. The van der Waals surface area contributed by atoms with Crippen molar-refractivity contribution in [2.24, 2.45) is 0 Å². The van der Waals surface area contributed by atoms with Crippen molar-refractivity contribution >= 4 is 5.91 Å². The Labute approximate surface area is 430 Å². The topological polar surface area (TPSA) is 149 Å². The summed E-state index contributed by atoms with van der Waals surface area (Å²) in [6.45, 7) is 3.52. The van der Waals surface area contributed by atoms with Gasteiger partial charge in [-0.2, -0.15) is 0 Å². The maximum absolute atomic E-state index is 12.9. The lowest BCUT2D eigenvalue weighted by Gasteiger charge is -2.40. The minimum Gasteiger partial charge on any atom is -0.394 e. The van der Waals surface area contributed by atoms with E-state index in [1.807, 2.05) is 6.08 Å². The Bertz CT molecular complexity index is 1710. The van der Waals surface area contributed by atoms with Gasteiger partial charge in [0.05, 0.1) is 25.4 Å². The first kappa shape index (κ1) is 64.6. The van der Waals surface area contributed by atoms with Crippen molar-refractivity contribution in [3.8, 4) is 0 Å². The van der Waals surface area contributed by atoms with E-state index in [2.05, 4.69) is 177 Å². The molecule has 0 radical (unpaired) electrons. The summed E-state index contributed by atoms with van der Waals surface area (Å²) in [4.78, 5) is 12.9. The predicted molar refractivity (Wildman–Crippen MR) is 299 cm³/mol. The summed E-state index contributed by atoms with van der Waals surface area (Å²) < 4.78 is 11.1. The molecule has 7 unspecified atom stereocenters. The van der Waals surface area contributed by atoms with Gasteiger partial charge in [0.2, 0.25) is 5.91 Å². The Morgan fingerprint density at radius 2 is 0.873 bits per heavy atom. The number of amides is 1. The van der Waals surface area contributed by atoms with Crippen molar-refractivity contribution in [3.05, 3.63) is 170 Å². The number of carbonyl (C=O) groups is 1. The van der Waals surface area contributed by atoms with E-state index in [0.29, 0.717) is 6.42 Å². The van der Waals surface area contributed by atoms with Crippen LogP contribution in [-0.4, -0.2) is 87.5 Å². The Morgan fingerprint density at radius 1 is 0.493 bits per heavy atom. The molecule has 0 saturated carbocycles. The van der Waals surface area contributed by atoms with Crippen LogP contribution in [0.1, 0.15) is 155 Å². The molecule has 9 nitrogen and oxygen atoms in total. The number of unbranched alkanes of at least 4 members (excludes halogenated alkanes) is 6. The molecular weight excluding hydrogens is 887 g/mol. The van der Waals surface area contributed by atoms with Gasteiger partial charge in [-0.25, -0.2) is 0 Å². The Hall–Kier alpha value is -4.45. The lowest BCUT2D eigenvalue weighted by Crippen LogP contribution is -2.60. The number of aliphatic hydroxyl groups excluding tert-OH is 5. The van der Waals surface area contributed by atoms with Crippen LogP contribution in [0.2, 0.25) is 0 Å². The fourth-order valence-corrected chi connectivity index (χ4v) is 7.03. The molecule has 1 aliphatic heterocycles. The van der Waals surface area contributed by atoms with Crippen molar-refractivity contribution in [2.45, 2.75) is 198 Å². The van der Waals surface area contributed by atoms with Gasteiger partial charge >= 0.3 is 0 Å². The van der Waals surface area contributed by atoms with Gasteiger partial charge in [-0.1, -0.05) is 197 Å². The van der Waals surface area contributed by atoms with E-state index >= 15 is 0 Å². The molecule has 1 heterocycles. The van der Waals surface area contributed by atoms with E-state index in [1.165, 1.54) is 19.3 Å². The van der Waals surface area contributed by atoms with E-state index in [-0.39, 0.29) is 18.9 Å². The van der Waals surface area contributed by atoms with Gasteiger partial charge in [0.15, 0.2) is 6.29 Å². The molecule has 396 valence electrons. The molecule has 0 aliphatic carbocycles. The molecule has 1 fully saturated rings. The second kappa shape index (κ2) is 49.1. The number of aliphatic hydroxyl groups is 5. The highest BCUT2D eigenvalue weighted by Gasteiger charge is 2.44. The van der Waals surface area contributed by atoms with Gasteiger partial charge in [-0.15, -0.1) is 0 Å². The third-order valence-electron chi connectivity index (χ3n) is 11.3. The normalized spacial score (nSPS) is 20.7. The third-order valence-corrected chi connectivity index (χ3v) is 11.3. The summed E-state index contributed by atoms with van der Waals surface area (Å²) in [6, 6.07) is -0.856. The van der Waals surface area contributed by atoms with Crippen LogP contribution < -0.4 is 5.32 Å². The van der Waals surface area contributed by atoms with Gasteiger partial charge in [0.1, 0.15) is 24.4 Å². The number of nitrogens with one attached hydrogen (secondary N) is 1. The average molecular weight is 982 g/mol. The van der Waals surface area contributed by atoms with Crippen molar-refractivity contribution in [1.29, 1.82) is 0 Å². The maximum Gasteiger partial charge on any atom is 0.220 e. The first-order valence-corrected chi connectivity index (χ1v) is 26.9. The molecule has 1 rings (SSSR count). The monoisotopic (exact) mass is 982 g/mol. The molecule has 9 heteroatoms. The number of allylic oxidation sites excluding steroid dienone is 27. The molecule has 6 N–H and O–H groups in total. The highest BCUT2D eigenvalue weighted by atomic mass is 16.7. The van der Waals surface area contributed by atoms with E-state index in [4.69, 9.17) is 9.47 Å². The van der Waals surface area contributed by atoms with E-state index < -0.39 is 49.5 Å². The van der Waals surface area contributed by atoms with E-state index in [1.54, 1.807) is 6.08 Å². The smallest absolute Gasteiger partial charge is 0.220 e. The summed E-state index contributed by atoms with van der Waals surface area (Å²) in [7, 11) is 0. The van der Waals surface area contributed by atoms with Gasteiger partial charge in [0.25, 0.3) is 0 Å². The predicted octanol–water partition coefficient (Wildman–Crippen LogP) is 13.1. The van der Waals surface area contributed by atoms with Crippen molar-refractivity contribution in [1.82, 2.24) is 5.32 Å². The number of hydrogen-bond acceptors (Lipinski definition) is 8. The molecule has 0 aromatic heterocycles. The number of carbonyl (C=O) groups excluding carboxylic acids is 1. The van der Waals surface area contributed by atoms with Crippen LogP contribution >= 0.6 is 0 Å². The van der Waals surface area contributed by atoms with Crippen LogP contribution in [0.15, 0.2) is 170 Å². The quantitative estimate of drug-likeness (QED) is 0.0262. The van der Waals surface area contributed by atoms with Crippen molar-refractivity contribution in [3.63, 3.8) is 0 Å². The molecular formula is C62H95NO8. The largest absolute Gasteiger partial charge is 0.394 e. The molecule has 7 atom stereocenters. The Kier molecular flexibility index (Phi) is 44.7. The van der Waals surface area contributed by atoms with Crippen LogP contribution in [0.4, 0.5) is 0 Å². The SMILES string of the molecule is CC/C=C\C/C=C\C/C=C\C/C=C\C/C=C\C/C=C\C/C=C\C/C=C\C/C=C\C/C=C\C/C=C\C/C=C\CCCCC(=O)NC(COC1OC(CO)C(O)C(O)C1O)C(O)/C=C/CC/C=C/CCCCC. The highest BCUT2D eigenvalue weighted by molar-refractivity contribution is 5.76. The molecule has 1 aliphatic rings. The summed E-state index contributed by atoms with van der Waals surface area (Å²) in [5.74, 6) is -0.241. The molecule has 0 bridgehead atoms.